The van der Waals surface area contributed by atoms with Gasteiger partial charge in [-0.15, -0.1) is 0 Å². The second-order valence-electron chi connectivity index (χ2n) is 9.84. The van der Waals surface area contributed by atoms with Crippen molar-refractivity contribution in [3.05, 3.63) is 102 Å². The Morgan fingerprint density at radius 1 is 0.824 bits per heavy atom. The van der Waals surface area contributed by atoms with Crippen molar-refractivity contribution in [1.82, 2.24) is 4.57 Å². The van der Waals surface area contributed by atoms with E-state index in [1.54, 1.807) is 12.1 Å². The Bertz CT molecular complexity index is 1280. The fraction of sp³-hybridized carbons (Fsp3) is 0.233. The first kappa shape index (κ1) is 23.5. The summed E-state index contributed by atoms with van der Waals surface area (Å²) >= 11 is 0. The second kappa shape index (κ2) is 9.30. The van der Waals surface area contributed by atoms with Crippen LogP contribution in [0.5, 0.6) is 0 Å². The van der Waals surface area contributed by atoms with Crippen LogP contribution in [0, 0.1) is 5.82 Å². The number of benzene rings is 3. The van der Waals surface area contributed by atoms with Crippen LogP contribution in [-0.4, -0.2) is 10.5 Å². The minimum absolute atomic E-state index is 0.0763. The van der Waals surface area contributed by atoms with E-state index in [0.717, 1.165) is 33.8 Å². The summed E-state index contributed by atoms with van der Waals surface area (Å²) in [6.45, 7) is 10.6. The maximum Gasteiger partial charge on any atom is 0.258 e. The van der Waals surface area contributed by atoms with E-state index < -0.39 is 0 Å². The van der Waals surface area contributed by atoms with Gasteiger partial charge in [-0.1, -0.05) is 62.4 Å². The van der Waals surface area contributed by atoms with Gasteiger partial charge in [-0.2, -0.15) is 0 Å². The molecule has 1 aromatic heterocycles. The molecule has 1 heterocycles. The van der Waals surface area contributed by atoms with E-state index in [1.807, 2.05) is 60.7 Å². The quantitative estimate of drug-likeness (QED) is 0.325. The van der Waals surface area contributed by atoms with E-state index in [1.165, 1.54) is 12.1 Å². The molecule has 3 aromatic carbocycles. The SMILES string of the molecule is CC(C)c1c(C(=O)Nc2ccccc2)c(-c2ccccc2)c(-c2ccc(F)cc2)n1C(C)(C)C. The van der Waals surface area contributed by atoms with E-state index in [9.17, 15) is 9.18 Å². The van der Waals surface area contributed by atoms with Crippen molar-refractivity contribution in [1.29, 1.82) is 0 Å². The lowest BCUT2D eigenvalue weighted by Gasteiger charge is -2.29. The second-order valence-corrected chi connectivity index (χ2v) is 9.84. The maximum atomic E-state index is 13.9. The molecule has 1 amide bonds. The molecule has 0 aliphatic carbocycles. The molecule has 3 nitrogen and oxygen atoms in total. The lowest BCUT2D eigenvalue weighted by atomic mass is 9.94. The third-order valence-corrected chi connectivity index (χ3v) is 5.86. The van der Waals surface area contributed by atoms with Crippen molar-refractivity contribution in [2.45, 2.75) is 46.1 Å². The van der Waals surface area contributed by atoms with Crippen LogP contribution in [0.25, 0.3) is 22.4 Å². The Morgan fingerprint density at radius 2 is 1.38 bits per heavy atom. The molecule has 0 aliphatic heterocycles. The van der Waals surface area contributed by atoms with Gasteiger partial charge in [-0.3, -0.25) is 4.79 Å². The summed E-state index contributed by atoms with van der Waals surface area (Å²) in [6, 6.07) is 26.0. The monoisotopic (exact) mass is 454 g/mol. The average Bonchev–Trinajstić information content (AvgIpc) is 3.18. The van der Waals surface area contributed by atoms with Crippen molar-refractivity contribution < 1.29 is 9.18 Å². The number of halogens is 1. The van der Waals surface area contributed by atoms with E-state index in [4.69, 9.17) is 0 Å². The normalized spacial score (nSPS) is 11.6. The van der Waals surface area contributed by atoms with Gasteiger partial charge in [-0.05, 0) is 74.2 Å². The van der Waals surface area contributed by atoms with E-state index in [0.29, 0.717) is 5.56 Å². The minimum Gasteiger partial charge on any atom is -0.338 e. The van der Waals surface area contributed by atoms with Crippen molar-refractivity contribution >= 4 is 11.6 Å². The summed E-state index contributed by atoms with van der Waals surface area (Å²) in [6.07, 6.45) is 0. The fourth-order valence-electron chi connectivity index (χ4n) is 4.55. The molecule has 0 saturated heterocycles. The number of carbonyl (C=O) groups excluding carboxylic acids is 1. The number of anilines is 1. The molecule has 174 valence electrons. The van der Waals surface area contributed by atoms with Crippen LogP contribution >= 0.6 is 0 Å². The minimum atomic E-state index is -0.321. The van der Waals surface area contributed by atoms with Crippen molar-refractivity contribution in [3.63, 3.8) is 0 Å². The Kier molecular flexibility index (Phi) is 6.43. The maximum absolute atomic E-state index is 13.9. The summed E-state index contributed by atoms with van der Waals surface area (Å²) in [5, 5.41) is 3.10. The molecule has 0 unspecified atom stereocenters. The Labute approximate surface area is 201 Å². The van der Waals surface area contributed by atoms with Crippen LogP contribution < -0.4 is 5.32 Å². The highest BCUT2D eigenvalue weighted by molar-refractivity contribution is 6.12. The summed E-state index contributed by atoms with van der Waals surface area (Å²) in [7, 11) is 0. The summed E-state index contributed by atoms with van der Waals surface area (Å²) < 4.78 is 16.1. The highest BCUT2D eigenvalue weighted by Crippen LogP contribution is 2.45. The highest BCUT2D eigenvalue weighted by Gasteiger charge is 2.34. The highest BCUT2D eigenvalue weighted by atomic mass is 19.1. The predicted octanol–water partition coefficient (Wildman–Crippen LogP) is 8.09. The van der Waals surface area contributed by atoms with Crippen molar-refractivity contribution in [2.75, 3.05) is 5.32 Å². The molecule has 34 heavy (non-hydrogen) atoms. The third kappa shape index (κ3) is 4.54. The fourth-order valence-corrected chi connectivity index (χ4v) is 4.55. The van der Waals surface area contributed by atoms with Gasteiger partial charge in [0.2, 0.25) is 0 Å². The topological polar surface area (TPSA) is 34.0 Å². The summed E-state index contributed by atoms with van der Waals surface area (Å²) in [5.74, 6) is -0.363. The molecule has 0 aliphatic rings. The first-order valence-electron chi connectivity index (χ1n) is 11.7. The van der Waals surface area contributed by atoms with E-state index >= 15 is 0 Å². The van der Waals surface area contributed by atoms with Crippen molar-refractivity contribution in [3.8, 4) is 22.4 Å². The Morgan fingerprint density at radius 3 is 1.91 bits per heavy atom. The molecule has 0 saturated carbocycles. The van der Waals surface area contributed by atoms with Crippen LogP contribution in [0.4, 0.5) is 10.1 Å². The number of aromatic nitrogens is 1. The lowest BCUT2D eigenvalue weighted by molar-refractivity contribution is 0.102. The molecule has 0 spiro atoms. The van der Waals surface area contributed by atoms with Crippen molar-refractivity contribution in [2.24, 2.45) is 0 Å². The number of para-hydroxylation sites is 1. The number of hydrogen-bond acceptors (Lipinski definition) is 1. The average molecular weight is 455 g/mol. The largest absolute Gasteiger partial charge is 0.338 e. The summed E-state index contributed by atoms with van der Waals surface area (Å²) in [4.78, 5) is 13.9. The van der Waals surface area contributed by atoms with Crippen LogP contribution in [0.2, 0.25) is 0 Å². The first-order valence-corrected chi connectivity index (χ1v) is 11.7. The van der Waals surface area contributed by atoms with Gasteiger partial charge in [0.05, 0.1) is 11.3 Å². The molecule has 4 aromatic rings. The van der Waals surface area contributed by atoms with Crippen LogP contribution in [0.1, 0.15) is 56.6 Å². The number of hydrogen-bond donors (Lipinski definition) is 1. The Hall–Kier alpha value is -3.66. The number of amides is 1. The molecule has 4 heteroatoms. The molecule has 4 rings (SSSR count). The van der Waals surface area contributed by atoms with Gasteiger partial charge >= 0.3 is 0 Å². The standard InChI is InChI=1S/C30H31FN2O/c1-20(2)27-26(29(34)32-24-14-10-7-11-15-24)25(21-12-8-6-9-13-21)28(33(27)30(3,4)5)22-16-18-23(31)19-17-22/h6-20H,1-5H3,(H,32,34). The lowest BCUT2D eigenvalue weighted by Crippen LogP contribution is -2.26. The van der Waals surface area contributed by atoms with Gasteiger partial charge in [0.25, 0.3) is 5.91 Å². The van der Waals surface area contributed by atoms with Gasteiger partial charge in [-0.25, -0.2) is 4.39 Å². The third-order valence-electron chi connectivity index (χ3n) is 5.86. The number of carbonyl (C=O) groups is 1. The van der Waals surface area contributed by atoms with E-state index in [-0.39, 0.29) is 23.2 Å². The van der Waals surface area contributed by atoms with Gasteiger partial charge in [0, 0.05) is 22.5 Å². The molecule has 0 radical (unpaired) electrons. The zero-order valence-corrected chi connectivity index (χ0v) is 20.4. The van der Waals surface area contributed by atoms with Crippen LogP contribution in [-0.2, 0) is 5.54 Å². The molecular formula is C30H31FN2O. The molecule has 0 bridgehead atoms. The van der Waals surface area contributed by atoms with E-state index in [2.05, 4.69) is 44.5 Å². The molecule has 0 atom stereocenters. The first-order chi connectivity index (χ1) is 16.2. The Balaban J connectivity index is 2.10. The number of nitrogens with one attached hydrogen (secondary N) is 1. The predicted molar refractivity (Wildman–Crippen MR) is 139 cm³/mol. The van der Waals surface area contributed by atoms with Gasteiger partial charge in [0.1, 0.15) is 5.82 Å². The summed E-state index contributed by atoms with van der Waals surface area (Å²) in [5.41, 5.74) is 5.63. The molecular weight excluding hydrogens is 423 g/mol. The number of rotatable bonds is 5. The van der Waals surface area contributed by atoms with Gasteiger partial charge < -0.3 is 9.88 Å². The molecule has 0 fully saturated rings. The van der Waals surface area contributed by atoms with Crippen LogP contribution in [0.15, 0.2) is 84.9 Å². The zero-order valence-electron chi connectivity index (χ0n) is 20.4. The molecule has 1 N–H and O–H groups in total. The number of nitrogens with zero attached hydrogens (tertiary/aromatic N) is 1. The van der Waals surface area contributed by atoms with Gasteiger partial charge in [0.15, 0.2) is 0 Å². The van der Waals surface area contributed by atoms with Crippen LogP contribution in [0.3, 0.4) is 0 Å². The zero-order chi connectivity index (χ0) is 24.5. The smallest absolute Gasteiger partial charge is 0.258 e.